The summed E-state index contributed by atoms with van der Waals surface area (Å²) >= 11 is 0. The Kier molecular flexibility index (Phi) is 3.29. The zero-order chi connectivity index (χ0) is 12.3. The van der Waals surface area contributed by atoms with Crippen molar-refractivity contribution >= 4 is 15.5 Å². The molecule has 1 fully saturated rings. The molecule has 0 bridgehead atoms. The van der Waals surface area contributed by atoms with E-state index in [-0.39, 0.29) is 11.0 Å². The molecule has 0 saturated carbocycles. The van der Waals surface area contributed by atoms with Crippen LogP contribution in [0.25, 0.3) is 0 Å². The first kappa shape index (κ1) is 11.9. The molecule has 6 heteroatoms. The normalized spacial score (nSPS) is 21.9. The molecular formula is C11H13N3O2S. The molecule has 0 amide bonds. The maximum atomic E-state index is 11.6. The Labute approximate surface area is 100 Å². The maximum Gasteiger partial charge on any atom is 0.163 e. The average molecular weight is 251 g/mol. The van der Waals surface area contributed by atoms with Crippen LogP contribution in [0.4, 0.5) is 5.69 Å². The molecule has 1 saturated heterocycles. The van der Waals surface area contributed by atoms with Crippen molar-refractivity contribution in [3.05, 3.63) is 24.0 Å². The van der Waals surface area contributed by atoms with Gasteiger partial charge in [-0.3, -0.25) is 0 Å². The van der Waals surface area contributed by atoms with Gasteiger partial charge in [-0.05, 0) is 25.0 Å². The summed E-state index contributed by atoms with van der Waals surface area (Å²) in [5.74, 6) is 0.275. The predicted molar refractivity (Wildman–Crippen MR) is 64.3 cm³/mol. The molecule has 1 aliphatic heterocycles. The topological polar surface area (TPSA) is 82.8 Å². The third-order valence-corrected chi connectivity index (χ3v) is 5.17. The van der Waals surface area contributed by atoms with Crippen molar-refractivity contribution < 1.29 is 8.42 Å². The van der Waals surface area contributed by atoms with E-state index in [0.717, 1.165) is 6.42 Å². The molecule has 0 spiro atoms. The van der Waals surface area contributed by atoms with Gasteiger partial charge in [-0.15, -0.1) is 0 Å². The molecule has 5 nitrogen and oxygen atoms in total. The quantitative estimate of drug-likeness (QED) is 0.864. The molecule has 0 aromatic carbocycles. The monoisotopic (exact) mass is 251 g/mol. The third kappa shape index (κ3) is 2.56. The van der Waals surface area contributed by atoms with E-state index < -0.39 is 9.84 Å². The highest BCUT2D eigenvalue weighted by Crippen LogP contribution is 2.21. The van der Waals surface area contributed by atoms with Crippen LogP contribution in [0.1, 0.15) is 18.5 Å². The average Bonchev–Trinajstić information content (AvgIpc) is 2.66. The van der Waals surface area contributed by atoms with E-state index in [9.17, 15) is 8.42 Å². The van der Waals surface area contributed by atoms with E-state index >= 15 is 0 Å². The minimum atomic E-state index is -2.94. The molecule has 2 rings (SSSR count). The van der Waals surface area contributed by atoms with Gasteiger partial charge >= 0.3 is 0 Å². The number of aromatic nitrogens is 1. The summed E-state index contributed by atoms with van der Waals surface area (Å²) in [6.45, 7) is 0.350. The summed E-state index contributed by atoms with van der Waals surface area (Å²) in [7, 11) is -2.94. The van der Waals surface area contributed by atoms with Crippen molar-refractivity contribution in [2.24, 2.45) is 0 Å². The maximum absolute atomic E-state index is 11.6. The lowest BCUT2D eigenvalue weighted by molar-refractivity contribution is 0.591. The second-order valence-corrected chi connectivity index (χ2v) is 6.42. The molecule has 1 unspecified atom stereocenters. The fraction of sp³-hybridized carbons (Fsp3) is 0.455. The molecule has 0 aliphatic carbocycles. The van der Waals surface area contributed by atoms with Gasteiger partial charge in [0, 0.05) is 12.7 Å². The molecule has 1 N–H and O–H groups in total. The number of anilines is 1. The zero-order valence-electron chi connectivity index (χ0n) is 9.26. The van der Waals surface area contributed by atoms with E-state index in [1.54, 1.807) is 12.1 Å². The molecule has 17 heavy (non-hydrogen) atoms. The highest BCUT2D eigenvalue weighted by atomic mass is 32.2. The third-order valence-electron chi connectivity index (χ3n) is 2.90. The Hall–Kier alpha value is -1.61. The van der Waals surface area contributed by atoms with Gasteiger partial charge in [-0.2, -0.15) is 5.26 Å². The van der Waals surface area contributed by atoms with E-state index in [0.29, 0.717) is 24.3 Å². The lowest BCUT2D eigenvalue weighted by Crippen LogP contribution is -2.25. The van der Waals surface area contributed by atoms with Crippen molar-refractivity contribution in [2.45, 2.75) is 18.1 Å². The number of hydrogen-bond acceptors (Lipinski definition) is 5. The fourth-order valence-corrected chi connectivity index (χ4v) is 3.71. The van der Waals surface area contributed by atoms with Crippen molar-refractivity contribution in [3.63, 3.8) is 0 Å². The highest BCUT2D eigenvalue weighted by molar-refractivity contribution is 7.92. The molecule has 1 aliphatic rings. The van der Waals surface area contributed by atoms with Gasteiger partial charge in [-0.1, -0.05) is 0 Å². The van der Waals surface area contributed by atoms with E-state index in [4.69, 9.17) is 5.26 Å². The summed E-state index contributed by atoms with van der Waals surface area (Å²) in [4.78, 5) is 3.91. The minimum Gasteiger partial charge on any atom is -0.381 e. The van der Waals surface area contributed by atoms with E-state index in [1.165, 1.54) is 6.20 Å². The number of nitrogens with zero attached hydrogens (tertiary/aromatic N) is 2. The highest BCUT2D eigenvalue weighted by Gasteiger charge is 2.30. The fourth-order valence-electron chi connectivity index (χ4n) is 1.95. The predicted octanol–water partition coefficient (Wildman–Crippen LogP) is 0.942. The van der Waals surface area contributed by atoms with Crippen molar-refractivity contribution in [2.75, 3.05) is 17.6 Å². The van der Waals surface area contributed by atoms with Gasteiger partial charge < -0.3 is 5.32 Å². The van der Waals surface area contributed by atoms with Crippen LogP contribution in [-0.2, 0) is 9.84 Å². The number of sulfone groups is 1. The van der Waals surface area contributed by atoms with Gasteiger partial charge in [0.25, 0.3) is 0 Å². The zero-order valence-corrected chi connectivity index (χ0v) is 10.1. The van der Waals surface area contributed by atoms with Crippen LogP contribution < -0.4 is 5.32 Å². The second-order valence-electron chi connectivity index (χ2n) is 4.02. The molecule has 1 aromatic heterocycles. The molecule has 1 aromatic rings. The first-order valence-electron chi connectivity index (χ1n) is 5.44. The van der Waals surface area contributed by atoms with Crippen LogP contribution in [0, 0.1) is 11.3 Å². The summed E-state index contributed by atoms with van der Waals surface area (Å²) < 4.78 is 23.2. The summed E-state index contributed by atoms with van der Waals surface area (Å²) in [6.07, 6.45) is 2.96. The molecule has 0 radical (unpaired) electrons. The first-order valence-corrected chi connectivity index (χ1v) is 7.15. The molecule has 1 atom stereocenters. The lowest BCUT2D eigenvalue weighted by atomic mass is 10.2. The SMILES string of the molecule is N#Cc1ncccc1NCC1CCCS1(=O)=O. The van der Waals surface area contributed by atoms with Crippen molar-refractivity contribution in [1.82, 2.24) is 4.98 Å². The van der Waals surface area contributed by atoms with Crippen LogP contribution in [0.15, 0.2) is 18.3 Å². The standard InChI is InChI=1S/C11H13N3O2S/c12-7-11-10(4-1-5-13-11)14-8-9-3-2-6-17(9,15)16/h1,4-5,9,14H,2-3,6,8H2. The summed E-state index contributed by atoms with van der Waals surface area (Å²) in [5, 5.41) is 11.5. The van der Waals surface area contributed by atoms with E-state index in [2.05, 4.69) is 10.3 Å². The molecule has 90 valence electrons. The molecular weight excluding hydrogens is 238 g/mol. The summed E-state index contributed by atoms with van der Waals surface area (Å²) in [6, 6.07) is 5.41. The number of pyridine rings is 1. The smallest absolute Gasteiger partial charge is 0.163 e. The van der Waals surface area contributed by atoms with Crippen LogP contribution >= 0.6 is 0 Å². The number of hydrogen-bond donors (Lipinski definition) is 1. The Morgan fingerprint density at radius 3 is 3.06 bits per heavy atom. The van der Waals surface area contributed by atoms with Crippen LogP contribution in [0.2, 0.25) is 0 Å². The molecule has 2 heterocycles. The largest absolute Gasteiger partial charge is 0.381 e. The first-order chi connectivity index (χ1) is 8.13. The number of nitriles is 1. The Morgan fingerprint density at radius 1 is 1.59 bits per heavy atom. The van der Waals surface area contributed by atoms with E-state index in [1.807, 2.05) is 6.07 Å². The lowest BCUT2D eigenvalue weighted by Gasteiger charge is -2.12. The summed E-state index contributed by atoms with van der Waals surface area (Å²) in [5.41, 5.74) is 0.889. The minimum absolute atomic E-state index is 0.275. The van der Waals surface area contributed by atoms with Crippen LogP contribution in [0.5, 0.6) is 0 Å². The van der Waals surface area contributed by atoms with Crippen molar-refractivity contribution in [3.8, 4) is 6.07 Å². The van der Waals surface area contributed by atoms with Crippen molar-refractivity contribution in [1.29, 1.82) is 5.26 Å². The Bertz CT molecular complexity index is 548. The van der Waals surface area contributed by atoms with Crippen LogP contribution in [0.3, 0.4) is 0 Å². The van der Waals surface area contributed by atoms with Gasteiger partial charge in [0.1, 0.15) is 6.07 Å². The van der Waals surface area contributed by atoms with Gasteiger partial charge in [-0.25, -0.2) is 13.4 Å². The number of rotatable bonds is 3. The number of nitrogens with one attached hydrogen (secondary N) is 1. The van der Waals surface area contributed by atoms with Crippen LogP contribution in [-0.4, -0.2) is 30.9 Å². The Morgan fingerprint density at radius 2 is 2.41 bits per heavy atom. The Balaban J connectivity index is 2.06. The van der Waals surface area contributed by atoms with Gasteiger partial charge in [0.05, 0.1) is 16.7 Å². The van der Waals surface area contributed by atoms with Gasteiger partial charge in [0.15, 0.2) is 15.5 Å². The second kappa shape index (κ2) is 4.72. The van der Waals surface area contributed by atoms with Gasteiger partial charge in [0.2, 0.25) is 0 Å².